The molecule has 1 saturated heterocycles. The molecule has 0 spiro atoms. The van der Waals surface area contributed by atoms with Gasteiger partial charge in [-0.2, -0.15) is 0 Å². The molecule has 1 aliphatic heterocycles. The zero-order valence-electron chi connectivity index (χ0n) is 14.1. The lowest BCUT2D eigenvalue weighted by molar-refractivity contribution is 0.0526. The van der Waals surface area contributed by atoms with Crippen LogP contribution in [0.5, 0.6) is 0 Å². The second-order valence-corrected chi connectivity index (χ2v) is 5.93. The predicted octanol–water partition coefficient (Wildman–Crippen LogP) is 0.926. The van der Waals surface area contributed by atoms with E-state index in [1.54, 1.807) is 23.9 Å². The lowest BCUT2D eigenvalue weighted by Crippen LogP contribution is -2.58. The van der Waals surface area contributed by atoms with Gasteiger partial charge in [-0.3, -0.25) is 4.68 Å². The van der Waals surface area contributed by atoms with Gasteiger partial charge in [-0.05, 0) is 26.0 Å². The summed E-state index contributed by atoms with van der Waals surface area (Å²) >= 11 is 0. The molecule has 2 aromatic heterocycles. The number of nitrogens with zero attached hydrogens (tertiary/aromatic N) is 5. The fourth-order valence-electron chi connectivity index (χ4n) is 2.68. The van der Waals surface area contributed by atoms with Crippen LogP contribution in [0.25, 0.3) is 0 Å². The van der Waals surface area contributed by atoms with Gasteiger partial charge in [0.1, 0.15) is 5.82 Å². The molecule has 0 saturated carbocycles. The van der Waals surface area contributed by atoms with Gasteiger partial charge in [0, 0.05) is 38.6 Å². The Kier molecular flexibility index (Phi) is 4.75. The number of hydrogen-bond donors (Lipinski definition) is 1. The molecule has 0 amide bonds. The Morgan fingerprint density at radius 1 is 1.46 bits per heavy atom. The van der Waals surface area contributed by atoms with Gasteiger partial charge in [0.2, 0.25) is 0 Å². The number of pyridine rings is 1. The summed E-state index contributed by atoms with van der Waals surface area (Å²) in [7, 11) is 1.86. The molecule has 3 heterocycles. The van der Waals surface area contributed by atoms with Crippen LogP contribution in [0, 0.1) is 0 Å². The molecule has 8 heteroatoms. The van der Waals surface area contributed by atoms with Crippen molar-refractivity contribution in [3.05, 3.63) is 35.8 Å². The summed E-state index contributed by atoms with van der Waals surface area (Å²) < 4.78 is 6.66. The fourth-order valence-corrected chi connectivity index (χ4v) is 2.68. The van der Waals surface area contributed by atoms with Gasteiger partial charge in [-0.25, -0.2) is 9.78 Å². The monoisotopic (exact) mass is 330 g/mol. The van der Waals surface area contributed by atoms with Crippen molar-refractivity contribution in [3.8, 4) is 0 Å². The maximum atomic E-state index is 11.6. The van der Waals surface area contributed by atoms with Gasteiger partial charge in [0.25, 0.3) is 0 Å². The van der Waals surface area contributed by atoms with Crippen molar-refractivity contribution in [2.24, 2.45) is 7.05 Å². The first kappa shape index (κ1) is 16.4. The normalized spacial score (nSPS) is 15.9. The summed E-state index contributed by atoms with van der Waals surface area (Å²) in [5.41, 5.74) is 1.42. The largest absolute Gasteiger partial charge is 0.462 e. The summed E-state index contributed by atoms with van der Waals surface area (Å²) in [5.74, 6) is 0.533. The van der Waals surface area contributed by atoms with E-state index >= 15 is 0 Å². The van der Waals surface area contributed by atoms with E-state index in [0.717, 1.165) is 24.6 Å². The molecule has 1 atom stereocenters. The Hall–Kier alpha value is -2.48. The molecular weight excluding hydrogens is 308 g/mol. The highest BCUT2D eigenvalue weighted by Crippen LogP contribution is 2.21. The molecule has 2 aromatic rings. The minimum atomic E-state index is -0.336. The Morgan fingerprint density at radius 2 is 2.25 bits per heavy atom. The summed E-state index contributed by atoms with van der Waals surface area (Å²) in [6.07, 6.45) is 3.49. The second-order valence-electron chi connectivity index (χ2n) is 5.93. The van der Waals surface area contributed by atoms with Crippen LogP contribution in [-0.4, -0.2) is 51.7 Å². The molecule has 24 heavy (non-hydrogen) atoms. The number of carbonyl (C=O) groups excluding carboxylic acids is 1. The maximum absolute atomic E-state index is 11.6. The first-order valence-corrected chi connectivity index (χ1v) is 8.07. The van der Waals surface area contributed by atoms with Crippen molar-refractivity contribution < 1.29 is 9.53 Å². The van der Waals surface area contributed by atoms with Crippen molar-refractivity contribution in [1.82, 2.24) is 25.3 Å². The van der Waals surface area contributed by atoms with Crippen LogP contribution < -0.4 is 10.2 Å². The summed E-state index contributed by atoms with van der Waals surface area (Å²) in [6, 6.07) is 4.15. The zero-order chi connectivity index (χ0) is 17.1. The van der Waals surface area contributed by atoms with E-state index in [-0.39, 0.29) is 12.0 Å². The van der Waals surface area contributed by atoms with Crippen molar-refractivity contribution in [2.75, 3.05) is 24.6 Å². The van der Waals surface area contributed by atoms with Crippen LogP contribution in [0.3, 0.4) is 0 Å². The van der Waals surface area contributed by atoms with Crippen molar-refractivity contribution >= 4 is 11.8 Å². The number of esters is 1. The predicted molar refractivity (Wildman–Crippen MR) is 88.7 cm³/mol. The first-order valence-electron chi connectivity index (χ1n) is 8.07. The Balaban J connectivity index is 1.50. The van der Waals surface area contributed by atoms with Crippen LogP contribution in [0.15, 0.2) is 24.5 Å². The highest BCUT2D eigenvalue weighted by atomic mass is 16.5. The van der Waals surface area contributed by atoms with E-state index in [4.69, 9.17) is 4.74 Å². The molecule has 0 aliphatic carbocycles. The summed E-state index contributed by atoms with van der Waals surface area (Å²) in [5, 5.41) is 11.6. The van der Waals surface area contributed by atoms with Crippen LogP contribution in [0.1, 0.15) is 35.9 Å². The number of nitrogens with one attached hydrogen (secondary N) is 1. The SMILES string of the molecule is CCOC(=O)c1ccc(N2CC(NC(C)c3cn(C)nn3)C2)nc1. The minimum absolute atomic E-state index is 0.157. The van der Waals surface area contributed by atoms with E-state index < -0.39 is 0 Å². The third kappa shape index (κ3) is 3.53. The number of hydrogen-bond acceptors (Lipinski definition) is 7. The van der Waals surface area contributed by atoms with Crippen LogP contribution >= 0.6 is 0 Å². The van der Waals surface area contributed by atoms with Gasteiger partial charge < -0.3 is 15.0 Å². The number of anilines is 1. The molecule has 8 nitrogen and oxygen atoms in total. The quantitative estimate of drug-likeness (QED) is 0.789. The lowest BCUT2D eigenvalue weighted by atomic mass is 10.1. The van der Waals surface area contributed by atoms with Crippen LogP contribution in [0.2, 0.25) is 0 Å². The molecule has 0 bridgehead atoms. The molecule has 1 unspecified atom stereocenters. The van der Waals surface area contributed by atoms with Gasteiger partial charge in [-0.1, -0.05) is 5.21 Å². The third-order valence-corrected chi connectivity index (χ3v) is 4.01. The molecule has 1 N–H and O–H groups in total. The topological polar surface area (TPSA) is 85.2 Å². The first-order chi connectivity index (χ1) is 11.6. The summed E-state index contributed by atoms with van der Waals surface area (Å²) in [6.45, 7) is 5.98. The van der Waals surface area contributed by atoms with Crippen molar-refractivity contribution in [3.63, 3.8) is 0 Å². The number of ether oxygens (including phenoxy) is 1. The highest BCUT2D eigenvalue weighted by molar-refractivity contribution is 5.89. The zero-order valence-corrected chi connectivity index (χ0v) is 14.1. The highest BCUT2D eigenvalue weighted by Gasteiger charge is 2.29. The molecule has 1 fully saturated rings. The molecule has 0 aromatic carbocycles. The number of carbonyl (C=O) groups is 1. The average Bonchev–Trinajstić information content (AvgIpc) is 2.97. The molecule has 0 radical (unpaired) electrons. The fraction of sp³-hybridized carbons (Fsp3) is 0.500. The van der Waals surface area contributed by atoms with Gasteiger partial charge in [-0.15, -0.1) is 5.10 Å². The molecular formula is C16H22N6O2. The van der Waals surface area contributed by atoms with Crippen LogP contribution in [0.4, 0.5) is 5.82 Å². The van der Waals surface area contributed by atoms with Gasteiger partial charge >= 0.3 is 5.97 Å². The average molecular weight is 330 g/mol. The number of rotatable bonds is 6. The van der Waals surface area contributed by atoms with E-state index in [0.29, 0.717) is 18.2 Å². The van der Waals surface area contributed by atoms with Crippen LogP contribution in [-0.2, 0) is 11.8 Å². The van der Waals surface area contributed by atoms with E-state index in [1.165, 1.54) is 0 Å². The standard InChI is InChI=1S/C16H22N6O2/c1-4-24-16(23)12-5-6-15(17-7-12)22-8-13(9-22)18-11(2)14-10-21(3)20-19-14/h5-7,10-11,13,18H,4,8-9H2,1-3H3. The third-order valence-electron chi connectivity index (χ3n) is 4.01. The van der Waals surface area contributed by atoms with E-state index in [1.807, 2.05) is 19.3 Å². The van der Waals surface area contributed by atoms with E-state index in [2.05, 4.69) is 32.4 Å². The number of aromatic nitrogens is 4. The lowest BCUT2D eigenvalue weighted by Gasteiger charge is -2.41. The van der Waals surface area contributed by atoms with Gasteiger partial charge in [0.05, 0.1) is 23.9 Å². The minimum Gasteiger partial charge on any atom is -0.462 e. The molecule has 128 valence electrons. The second kappa shape index (κ2) is 6.96. The Morgan fingerprint density at radius 3 is 2.83 bits per heavy atom. The van der Waals surface area contributed by atoms with Crippen molar-refractivity contribution in [1.29, 1.82) is 0 Å². The Bertz CT molecular complexity index is 693. The van der Waals surface area contributed by atoms with E-state index in [9.17, 15) is 4.79 Å². The maximum Gasteiger partial charge on any atom is 0.339 e. The Labute approximate surface area is 140 Å². The molecule has 3 rings (SSSR count). The summed E-state index contributed by atoms with van der Waals surface area (Å²) in [4.78, 5) is 18.1. The van der Waals surface area contributed by atoms with Gasteiger partial charge in [0.15, 0.2) is 0 Å². The number of aryl methyl sites for hydroxylation is 1. The molecule has 1 aliphatic rings. The van der Waals surface area contributed by atoms with Crippen molar-refractivity contribution in [2.45, 2.75) is 25.9 Å². The smallest absolute Gasteiger partial charge is 0.339 e.